The number of rotatable bonds is 5. The lowest BCUT2D eigenvalue weighted by Gasteiger charge is -2.19. The van der Waals surface area contributed by atoms with Gasteiger partial charge in [0.2, 0.25) is 10.0 Å². The molecule has 2 aromatic rings. The van der Waals surface area contributed by atoms with Crippen LogP contribution in [-0.4, -0.2) is 15.5 Å². The number of sulfonamides is 1. The first kappa shape index (κ1) is 17.5. The van der Waals surface area contributed by atoms with Crippen molar-refractivity contribution in [1.29, 1.82) is 0 Å². The SMILES string of the molecule is COc1cc(C)c(S(=O)(=O)NC(C)c2ccccc2C)c(C)c1. The van der Waals surface area contributed by atoms with Gasteiger partial charge in [-0.25, -0.2) is 13.1 Å². The zero-order valence-electron chi connectivity index (χ0n) is 14.2. The number of ether oxygens (including phenoxy) is 1. The maximum absolute atomic E-state index is 12.8. The Morgan fingerprint density at radius 1 is 1.00 bits per heavy atom. The molecule has 0 saturated heterocycles. The van der Waals surface area contributed by atoms with Crippen molar-refractivity contribution >= 4 is 10.0 Å². The van der Waals surface area contributed by atoms with E-state index in [0.29, 0.717) is 21.8 Å². The van der Waals surface area contributed by atoms with Gasteiger partial charge >= 0.3 is 0 Å². The van der Waals surface area contributed by atoms with Gasteiger partial charge in [0.25, 0.3) is 0 Å². The molecule has 5 heteroatoms. The van der Waals surface area contributed by atoms with Gasteiger partial charge in [0.05, 0.1) is 12.0 Å². The number of methoxy groups -OCH3 is 1. The smallest absolute Gasteiger partial charge is 0.241 e. The van der Waals surface area contributed by atoms with E-state index in [1.54, 1.807) is 33.1 Å². The summed E-state index contributed by atoms with van der Waals surface area (Å²) in [6.45, 7) is 7.39. The van der Waals surface area contributed by atoms with Crippen molar-refractivity contribution in [2.24, 2.45) is 0 Å². The van der Waals surface area contributed by atoms with Crippen LogP contribution in [0.5, 0.6) is 5.75 Å². The molecule has 2 aromatic carbocycles. The summed E-state index contributed by atoms with van der Waals surface area (Å²) in [6, 6.07) is 10.9. The highest BCUT2D eigenvalue weighted by atomic mass is 32.2. The summed E-state index contributed by atoms with van der Waals surface area (Å²) >= 11 is 0. The minimum Gasteiger partial charge on any atom is -0.497 e. The monoisotopic (exact) mass is 333 g/mol. The summed E-state index contributed by atoms with van der Waals surface area (Å²) in [5, 5.41) is 0. The van der Waals surface area contributed by atoms with Gasteiger partial charge in [0.15, 0.2) is 0 Å². The van der Waals surface area contributed by atoms with Crippen LogP contribution in [0.25, 0.3) is 0 Å². The van der Waals surface area contributed by atoms with Crippen LogP contribution in [0.3, 0.4) is 0 Å². The minimum atomic E-state index is -3.62. The first-order valence-corrected chi connectivity index (χ1v) is 8.97. The molecule has 1 unspecified atom stereocenters. The van der Waals surface area contributed by atoms with Crippen LogP contribution in [0.4, 0.5) is 0 Å². The third kappa shape index (κ3) is 3.74. The number of hydrogen-bond donors (Lipinski definition) is 1. The lowest BCUT2D eigenvalue weighted by atomic mass is 10.0. The summed E-state index contributed by atoms with van der Waals surface area (Å²) in [5.41, 5.74) is 3.38. The lowest BCUT2D eigenvalue weighted by molar-refractivity contribution is 0.413. The summed E-state index contributed by atoms with van der Waals surface area (Å²) < 4.78 is 33.6. The van der Waals surface area contributed by atoms with Gasteiger partial charge in [-0.05, 0) is 62.1 Å². The Labute approximate surface area is 138 Å². The highest BCUT2D eigenvalue weighted by Crippen LogP contribution is 2.27. The molecule has 23 heavy (non-hydrogen) atoms. The molecule has 0 heterocycles. The Morgan fingerprint density at radius 3 is 2.09 bits per heavy atom. The molecule has 0 amide bonds. The van der Waals surface area contributed by atoms with Crippen molar-refractivity contribution < 1.29 is 13.2 Å². The Balaban J connectivity index is 2.38. The fraction of sp³-hybridized carbons (Fsp3) is 0.333. The average molecular weight is 333 g/mol. The van der Waals surface area contributed by atoms with Crippen LogP contribution in [0.1, 0.15) is 35.2 Å². The average Bonchev–Trinajstić information content (AvgIpc) is 2.45. The molecular weight excluding hydrogens is 310 g/mol. The highest BCUT2D eigenvalue weighted by Gasteiger charge is 2.23. The molecule has 0 radical (unpaired) electrons. The predicted octanol–water partition coefficient (Wildman–Crippen LogP) is 3.66. The number of hydrogen-bond acceptors (Lipinski definition) is 3. The van der Waals surface area contributed by atoms with Crippen molar-refractivity contribution in [3.8, 4) is 5.75 Å². The van der Waals surface area contributed by atoms with E-state index in [1.807, 2.05) is 38.1 Å². The molecule has 0 aliphatic carbocycles. The van der Waals surface area contributed by atoms with Crippen molar-refractivity contribution in [1.82, 2.24) is 4.72 Å². The summed E-state index contributed by atoms with van der Waals surface area (Å²) in [5.74, 6) is 0.658. The van der Waals surface area contributed by atoms with Gasteiger partial charge in [-0.15, -0.1) is 0 Å². The number of benzene rings is 2. The molecule has 2 rings (SSSR count). The van der Waals surface area contributed by atoms with Gasteiger partial charge in [-0.2, -0.15) is 0 Å². The topological polar surface area (TPSA) is 55.4 Å². The van der Waals surface area contributed by atoms with E-state index in [1.165, 1.54) is 0 Å². The lowest BCUT2D eigenvalue weighted by Crippen LogP contribution is -2.28. The van der Waals surface area contributed by atoms with Crippen molar-refractivity contribution in [3.63, 3.8) is 0 Å². The molecule has 0 spiro atoms. The van der Waals surface area contributed by atoms with E-state index < -0.39 is 10.0 Å². The molecule has 0 saturated carbocycles. The summed E-state index contributed by atoms with van der Waals surface area (Å²) in [4.78, 5) is 0.318. The highest BCUT2D eigenvalue weighted by molar-refractivity contribution is 7.89. The molecule has 124 valence electrons. The van der Waals surface area contributed by atoms with Crippen molar-refractivity contribution in [2.75, 3.05) is 7.11 Å². The minimum absolute atomic E-state index is 0.304. The predicted molar refractivity (Wildman–Crippen MR) is 92.4 cm³/mol. The molecule has 0 fully saturated rings. The van der Waals surface area contributed by atoms with Gasteiger partial charge in [0.1, 0.15) is 5.75 Å². The van der Waals surface area contributed by atoms with Gasteiger partial charge in [0, 0.05) is 6.04 Å². The first-order valence-electron chi connectivity index (χ1n) is 7.49. The Kier molecular flexibility index (Phi) is 5.12. The molecule has 0 bridgehead atoms. The standard InChI is InChI=1S/C18H23NO3S/c1-12-8-6-7-9-17(12)15(4)19-23(20,21)18-13(2)10-16(22-5)11-14(18)3/h6-11,15,19H,1-5H3. The normalized spacial score (nSPS) is 12.9. The quantitative estimate of drug-likeness (QED) is 0.908. The van der Waals surface area contributed by atoms with E-state index in [4.69, 9.17) is 4.74 Å². The Bertz CT molecular complexity index is 790. The van der Waals surface area contributed by atoms with Crippen LogP contribution in [-0.2, 0) is 10.0 Å². The largest absolute Gasteiger partial charge is 0.497 e. The second-order valence-corrected chi connectivity index (χ2v) is 7.44. The molecular formula is C18H23NO3S. The fourth-order valence-electron chi connectivity index (χ4n) is 2.88. The molecule has 0 aliphatic heterocycles. The van der Waals surface area contributed by atoms with Crippen LogP contribution in [0, 0.1) is 20.8 Å². The Morgan fingerprint density at radius 2 is 1.57 bits per heavy atom. The van der Waals surface area contributed by atoms with E-state index >= 15 is 0 Å². The van der Waals surface area contributed by atoms with Crippen LogP contribution >= 0.6 is 0 Å². The van der Waals surface area contributed by atoms with Gasteiger partial charge in [-0.1, -0.05) is 24.3 Å². The third-order valence-corrected chi connectivity index (χ3v) is 5.77. The number of aryl methyl sites for hydroxylation is 3. The zero-order chi connectivity index (χ0) is 17.2. The fourth-order valence-corrected chi connectivity index (χ4v) is 4.56. The summed E-state index contributed by atoms with van der Waals surface area (Å²) in [6.07, 6.45) is 0. The van der Waals surface area contributed by atoms with Crippen LogP contribution in [0.2, 0.25) is 0 Å². The molecule has 0 aromatic heterocycles. The van der Waals surface area contributed by atoms with E-state index in [-0.39, 0.29) is 6.04 Å². The van der Waals surface area contributed by atoms with Gasteiger partial charge < -0.3 is 4.74 Å². The number of nitrogens with one attached hydrogen (secondary N) is 1. The molecule has 0 aliphatic rings. The third-order valence-electron chi connectivity index (χ3n) is 3.93. The van der Waals surface area contributed by atoms with Crippen molar-refractivity contribution in [2.45, 2.75) is 38.6 Å². The molecule has 4 nitrogen and oxygen atoms in total. The maximum atomic E-state index is 12.8. The van der Waals surface area contributed by atoms with Crippen molar-refractivity contribution in [3.05, 3.63) is 58.7 Å². The molecule has 1 atom stereocenters. The first-order chi connectivity index (χ1) is 10.8. The Hall–Kier alpha value is -1.85. The summed E-state index contributed by atoms with van der Waals surface area (Å²) in [7, 11) is -2.05. The zero-order valence-corrected chi connectivity index (χ0v) is 15.0. The van der Waals surface area contributed by atoms with Crippen LogP contribution in [0.15, 0.2) is 41.3 Å². The van der Waals surface area contributed by atoms with Gasteiger partial charge in [-0.3, -0.25) is 0 Å². The van der Waals surface area contributed by atoms with E-state index in [2.05, 4.69) is 4.72 Å². The molecule has 1 N–H and O–H groups in total. The van der Waals surface area contributed by atoms with Crippen LogP contribution < -0.4 is 9.46 Å². The maximum Gasteiger partial charge on any atom is 0.241 e. The second-order valence-electron chi connectivity index (χ2n) is 5.79. The van der Waals surface area contributed by atoms with E-state index in [9.17, 15) is 8.42 Å². The second kappa shape index (κ2) is 6.72. The van der Waals surface area contributed by atoms with E-state index in [0.717, 1.165) is 11.1 Å².